The van der Waals surface area contributed by atoms with Gasteiger partial charge in [0.25, 0.3) is 14.9 Å². The van der Waals surface area contributed by atoms with Crippen LogP contribution in [0.4, 0.5) is 0 Å². The van der Waals surface area contributed by atoms with Gasteiger partial charge in [-0.2, -0.15) is 4.98 Å². The lowest BCUT2D eigenvalue weighted by molar-refractivity contribution is 0.242. The number of aromatic nitrogens is 2. The Kier molecular flexibility index (Phi) is 4.61. The van der Waals surface area contributed by atoms with Gasteiger partial charge in [-0.25, -0.2) is 8.42 Å². The average molecular weight is 317 g/mol. The molecule has 0 radical (unpaired) electrons. The van der Waals surface area contributed by atoms with Crippen molar-refractivity contribution in [2.45, 2.75) is 31.3 Å². The number of hydrogen-bond acceptors (Lipinski definition) is 6. The highest BCUT2D eigenvalue weighted by molar-refractivity contribution is 8.13. The van der Waals surface area contributed by atoms with Crippen LogP contribution in [-0.2, 0) is 22.1 Å². The average Bonchev–Trinajstić information content (AvgIpc) is 2.84. The van der Waals surface area contributed by atoms with Crippen molar-refractivity contribution in [3.63, 3.8) is 0 Å². The summed E-state index contributed by atoms with van der Waals surface area (Å²) in [5.74, 6) is 1.52. The molecule has 0 saturated heterocycles. The lowest BCUT2D eigenvalue weighted by Crippen LogP contribution is -1.97. The highest BCUT2D eigenvalue weighted by atomic mass is 35.7. The third kappa shape index (κ3) is 3.94. The van der Waals surface area contributed by atoms with Gasteiger partial charge in [0.15, 0.2) is 12.4 Å². The SMILES string of the molecule is CCCc1noc(COc2ccc(S(=O)(=O)Cl)cc2)n1. The van der Waals surface area contributed by atoms with Crippen molar-refractivity contribution in [1.82, 2.24) is 10.1 Å². The summed E-state index contributed by atoms with van der Waals surface area (Å²) in [6.07, 6.45) is 1.69. The second kappa shape index (κ2) is 6.23. The highest BCUT2D eigenvalue weighted by Crippen LogP contribution is 2.19. The van der Waals surface area contributed by atoms with Gasteiger partial charge in [0, 0.05) is 17.1 Å². The Morgan fingerprint density at radius 1 is 1.30 bits per heavy atom. The zero-order valence-electron chi connectivity index (χ0n) is 10.7. The Bertz CT molecular complexity index is 667. The first-order valence-corrected chi connectivity index (χ1v) is 8.29. The smallest absolute Gasteiger partial charge is 0.264 e. The number of ether oxygens (including phenoxy) is 1. The first kappa shape index (κ1) is 14.8. The Morgan fingerprint density at radius 2 is 2.00 bits per heavy atom. The van der Waals surface area contributed by atoms with Crippen molar-refractivity contribution in [3.8, 4) is 5.75 Å². The number of hydrogen-bond donors (Lipinski definition) is 0. The monoisotopic (exact) mass is 316 g/mol. The van der Waals surface area contributed by atoms with Crippen LogP contribution in [0.2, 0.25) is 0 Å². The molecule has 0 N–H and O–H groups in total. The lowest BCUT2D eigenvalue weighted by atomic mass is 10.3. The van der Waals surface area contributed by atoms with Crippen LogP contribution in [0.5, 0.6) is 5.75 Å². The normalized spacial score (nSPS) is 11.5. The summed E-state index contributed by atoms with van der Waals surface area (Å²) >= 11 is 0. The fraction of sp³-hybridized carbons (Fsp3) is 0.333. The van der Waals surface area contributed by atoms with Crippen LogP contribution in [-0.4, -0.2) is 18.6 Å². The molecule has 0 saturated carbocycles. The molecule has 0 aliphatic heterocycles. The van der Waals surface area contributed by atoms with Crippen LogP contribution in [0, 0.1) is 0 Å². The number of aryl methyl sites for hydroxylation is 1. The molecule has 0 spiro atoms. The molecular weight excluding hydrogens is 304 g/mol. The van der Waals surface area contributed by atoms with Crippen molar-refractivity contribution in [2.24, 2.45) is 0 Å². The first-order valence-electron chi connectivity index (χ1n) is 5.98. The second-order valence-electron chi connectivity index (χ2n) is 4.05. The Morgan fingerprint density at radius 3 is 2.60 bits per heavy atom. The van der Waals surface area contributed by atoms with E-state index < -0.39 is 9.05 Å². The van der Waals surface area contributed by atoms with E-state index in [9.17, 15) is 8.42 Å². The van der Waals surface area contributed by atoms with Crippen molar-refractivity contribution in [1.29, 1.82) is 0 Å². The molecule has 1 aromatic heterocycles. The first-order chi connectivity index (χ1) is 9.49. The predicted molar refractivity (Wildman–Crippen MR) is 72.1 cm³/mol. The van der Waals surface area contributed by atoms with E-state index in [0.29, 0.717) is 17.5 Å². The van der Waals surface area contributed by atoms with Crippen molar-refractivity contribution in [3.05, 3.63) is 36.0 Å². The minimum atomic E-state index is -3.71. The quantitative estimate of drug-likeness (QED) is 0.762. The minimum absolute atomic E-state index is 0.0227. The summed E-state index contributed by atoms with van der Waals surface area (Å²) in [5, 5.41) is 3.80. The minimum Gasteiger partial charge on any atom is -0.484 e. The van der Waals surface area contributed by atoms with Gasteiger partial charge in [0.1, 0.15) is 5.75 Å². The van der Waals surface area contributed by atoms with Gasteiger partial charge in [0.05, 0.1) is 4.90 Å². The van der Waals surface area contributed by atoms with E-state index in [4.69, 9.17) is 19.9 Å². The van der Waals surface area contributed by atoms with E-state index in [0.717, 1.165) is 12.8 Å². The molecule has 2 aromatic rings. The van der Waals surface area contributed by atoms with Crippen molar-refractivity contribution < 1.29 is 17.7 Å². The molecule has 6 nitrogen and oxygen atoms in total. The maximum atomic E-state index is 11.1. The van der Waals surface area contributed by atoms with Crippen LogP contribution in [0.1, 0.15) is 25.1 Å². The Hall–Kier alpha value is -1.60. The van der Waals surface area contributed by atoms with Crippen LogP contribution in [0.3, 0.4) is 0 Å². The van der Waals surface area contributed by atoms with Gasteiger partial charge in [0.2, 0.25) is 0 Å². The summed E-state index contributed by atoms with van der Waals surface area (Å²) in [7, 11) is 1.50. The molecule has 1 heterocycles. The molecule has 0 aliphatic rings. The third-order valence-electron chi connectivity index (χ3n) is 2.45. The second-order valence-corrected chi connectivity index (χ2v) is 6.62. The summed E-state index contributed by atoms with van der Waals surface area (Å²) in [6, 6.07) is 5.76. The maximum Gasteiger partial charge on any atom is 0.264 e. The molecule has 20 heavy (non-hydrogen) atoms. The molecule has 0 amide bonds. The zero-order valence-corrected chi connectivity index (χ0v) is 12.3. The third-order valence-corrected chi connectivity index (χ3v) is 3.82. The van der Waals surface area contributed by atoms with E-state index in [-0.39, 0.29) is 11.5 Å². The lowest BCUT2D eigenvalue weighted by Gasteiger charge is -2.03. The molecule has 108 valence electrons. The van der Waals surface area contributed by atoms with Crippen molar-refractivity contribution >= 4 is 19.7 Å². The molecule has 0 atom stereocenters. The topological polar surface area (TPSA) is 82.3 Å². The standard InChI is InChI=1S/C12H13ClN2O4S/c1-2-3-11-14-12(19-15-11)8-18-9-4-6-10(7-5-9)20(13,16)17/h4-7H,2-3,8H2,1H3. The Labute approximate surface area is 121 Å². The highest BCUT2D eigenvalue weighted by Gasteiger charge is 2.10. The van der Waals surface area contributed by atoms with E-state index in [1.165, 1.54) is 24.3 Å². The molecule has 0 bridgehead atoms. The van der Waals surface area contributed by atoms with Gasteiger partial charge in [-0.1, -0.05) is 12.1 Å². The van der Waals surface area contributed by atoms with E-state index in [2.05, 4.69) is 10.1 Å². The maximum absolute atomic E-state index is 11.1. The molecule has 0 fully saturated rings. The summed E-state index contributed by atoms with van der Waals surface area (Å²) < 4.78 is 32.6. The molecule has 1 aromatic carbocycles. The van der Waals surface area contributed by atoms with Crippen LogP contribution >= 0.6 is 10.7 Å². The fourth-order valence-corrected chi connectivity index (χ4v) is 2.29. The molecule has 0 aliphatic carbocycles. The van der Waals surface area contributed by atoms with Crippen molar-refractivity contribution in [2.75, 3.05) is 0 Å². The molecule has 2 rings (SSSR count). The largest absolute Gasteiger partial charge is 0.484 e. The number of nitrogens with zero attached hydrogens (tertiary/aromatic N) is 2. The van der Waals surface area contributed by atoms with Gasteiger partial charge in [-0.05, 0) is 30.7 Å². The van der Waals surface area contributed by atoms with Crippen LogP contribution in [0.15, 0.2) is 33.7 Å². The molecule has 8 heteroatoms. The van der Waals surface area contributed by atoms with Crippen LogP contribution in [0.25, 0.3) is 0 Å². The summed E-state index contributed by atoms with van der Waals surface area (Å²) in [6.45, 7) is 2.16. The Balaban J connectivity index is 1.96. The van der Waals surface area contributed by atoms with Gasteiger partial charge < -0.3 is 9.26 Å². The molecule has 0 unspecified atom stereocenters. The van der Waals surface area contributed by atoms with Gasteiger partial charge in [-0.15, -0.1) is 0 Å². The van der Waals surface area contributed by atoms with Gasteiger partial charge in [-0.3, -0.25) is 0 Å². The van der Waals surface area contributed by atoms with Crippen LogP contribution < -0.4 is 4.74 Å². The predicted octanol–water partition coefficient (Wildman–Crippen LogP) is 2.53. The zero-order chi connectivity index (χ0) is 14.6. The fourth-order valence-electron chi connectivity index (χ4n) is 1.52. The van der Waals surface area contributed by atoms with E-state index in [1.807, 2.05) is 6.92 Å². The number of benzene rings is 1. The van der Waals surface area contributed by atoms with Gasteiger partial charge >= 0.3 is 0 Å². The molecular formula is C12H13ClN2O4S. The van der Waals surface area contributed by atoms with E-state index >= 15 is 0 Å². The van der Waals surface area contributed by atoms with E-state index in [1.54, 1.807) is 0 Å². The summed E-state index contributed by atoms with van der Waals surface area (Å²) in [4.78, 5) is 4.17. The summed E-state index contributed by atoms with van der Waals surface area (Å²) in [5.41, 5.74) is 0. The number of halogens is 1. The number of rotatable bonds is 6.